The number of nitrogens with zero attached hydrogens (tertiary/aromatic N) is 1. The number of hydrogen-bond donors (Lipinski definition) is 1. The third kappa shape index (κ3) is 2.26. The molecule has 6 nitrogen and oxygen atoms in total. The lowest BCUT2D eigenvalue weighted by Crippen LogP contribution is -2.45. The van der Waals surface area contributed by atoms with Gasteiger partial charge in [0.05, 0.1) is 6.54 Å². The van der Waals surface area contributed by atoms with Crippen LogP contribution in [0.3, 0.4) is 0 Å². The molecular weight excluding hydrogens is 250 g/mol. The molecule has 19 heavy (non-hydrogen) atoms. The third-order valence-electron chi connectivity index (χ3n) is 3.36. The molecule has 2 aliphatic heterocycles. The molecule has 0 aromatic heterocycles. The van der Waals surface area contributed by atoms with Crippen LogP contribution in [0.4, 0.5) is 4.79 Å². The summed E-state index contributed by atoms with van der Waals surface area (Å²) in [7, 11) is 0. The second kappa shape index (κ2) is 4.55. The number of fused-ring (bicyclic) bond motifs is 1. The summed E-state index contributed by atoms with van der Waals surface area (Å²) < 4.78 is 10.4. The van der Waals surface area contributed by atoms with Crippen molar-refractivity contribution in [2.24, 2.45) is 0 Å². The molecule has 0 spiro atoms. The standard InChI is InChI=1S/C13H13NO5/c15-12(18-7-8-4-2-1-3-5-8)10-11-9(19-11)6-14(10)13(16)17/h1-5,9-11H,6-7H2,(H,16,17)/t9-,10-,11-/m0/s1. The van der Waals surface area contributed by atoms with E-state index in [2.05, 4.69) is 0 Å². The van der Waals surface area contributed by atoms with E-state index in [0.717, 1.165) is 10.5 Å². The van der Waals surface area contributed by atoms with Crippen molar-refractivity contribution in [2.75, 3.05) is 6.54 Å². The van der Waals surface area contributed by atoms with E-state index in [1.165, 1.54) is 0 Å². The first-order valence-electron chi connectivity index (χ1n) is 6.02. The first-order chi connectivity index (χ1) is 9.16. The van der Waals surface area contributed by atoms with Gasteiger partial charge in [-0.05, 0) is 5.56 Å². The van der Waals surface area contributed by atoms with Crippen molar-refractivity contribution >= 4 is 12.1 Å². The molecule has 3 rings (SSSR count). The maximum absolute atomic E-state index is 12.0. The maximum atomic E-state index is 12.0. The van der Waals surface area contributed by atoms with Crippen LogP contribution < -0.4 is 0 Å². The molecule has 2 aliphatic rings. The summed E-state index contributed by atoms with van der Waals surface area (Å²) in [5.41, 5.74) is 0.865. The number of amides is 1. The Balaban J connectivity index is 1.62. The molecule has 1 N–H and O–H groups in total. The molecule has 100 valence electrons. The lowest BCUT2D eigenvalue weighted by atomic mass is 10.2. The molecule has 0 unspecified atom stereocenters. The van der Waals surface area contributed by atoms with Crippen LogP contribution in [0, 0.1) is 0 Å². The van der Waals surface area contributed by atoms with Gasteiger partial charge in [-0.3, -0.25) is 4.90 Å². The quantitative estimate of drug-likeness (QED) is 0.646. The Bertz CT molecular complexity index is 503. The highest BCUT2D eigenvalue weighted by molar-refractivity contribution is 5.83. The summed E-state index contributed by atoms with van der Waals surface area (Å²) >= 11 is 0. The third-order valence-corrected chi connectivity index (χ3v) is 3.36. The minimum absolute atomic E-state index is 0.140. The number of morpholine rings is 1. The van der Waals surface area contributed by atoms with Crippen LogP contribution >= 0.6 is 0 Å². The van der Waals surface area contributed by atoms with E-state index in [1.54, 1.807) is 0 Å². The number of hydrogen-bond acceptors (Lipinski definition) is 4. The van der Waals surface area contributed by atoms with Gasteiger partial charge in [0.15, 0.2) is 6.04 Å². The highest BCUT2D eigenvalue weighted by atomic mass is 16.6. The number of epoxide rings is 1. The van der Waals surface area contributed by atoms with E-state index in [9.17, 15) is 9.59 Å². The molecule has 6 heteroatoms. The molecule has 0 radical (unpaired) electrons. The van der Waals surface area contributed by atoms with E-state index in [1.807, 2.05) is 30.3 Å². The molecule has 0 saturated carbocycles. The molecule has 0 aliphatic carbocycles. The Hall–Kier alpha value is -2.08. The maximum Gasteiger partial charge on any atom is 0.408 e. The van der Waals surface area contributed by atoms with Gasteiger partial charge < -0.3 is 14.6 Å². The number of carboxylic acid groups (broad SMARTS) is 1. The summed E-state index contributed by atoms with van der Waals surface area (Å²) in [6.07, 6.45) is -1.60. The zero-order valence-electron chi connectivity index (χ0n) is 10.1. The van der Waals surface area contributed by atoms with Crippen molar-refractivity contribution < 1.29 is 24.2 Å². The Labute approximate surface area is 109 Å². The van der Waals surface area contributed by atoms with E-state index < -0.39 is 18.1 Å². The predicted octanol–water partition coefficient (Wildman–Crippen LogP) is 0.859. The normalized spacial score (nSPS) is 27.8. The number of esters is 1. The average molecular weight is 263 g/mol. The number of likely N-dealkylation sites (tertiary alicyclic amines) is 1. The lowest BCUT2D eigenvalue weighted by molar-refractivity contribution is -0.151. The highest BCUT2D eigenvalue weighted by Crippen LogP contribution is 2.37. The Kier molecular flexibility index (Phi) is 2.87. The molecular formula is C13H13NO5. The van der Waals surface area contributed by atoms with Crippen molar-refractivity contribution in [3.8, 4) is 0 Å². The molecule has 0 bridgehead atoms. The molecule has 2 saturated heterocycles. The summed E-state index contributed by atoms with van der Waals surface area (Å²) in [4.78, 5) is 24.1. The molecule has 1 aromatic carbocycles. The van der Waals surface area contributed by atoms with Crippen molar-refractivity contribution in [1.82, 2.24) is 4.90 Å². The zero-order chi connectivity index (χ0) is 13.4. The van der Waals surface area contributed by atoms with Crippen LogP contribution in [0.15, 0.2) is 30.3 Å². The van der Waals surface area contributed by atoms with Crippen molar-refractivity contribution in [2.45, 2.75) is 24.9 Å². The van der Waals surface area contributed by atoms with Crippen LogP contribution in [0.1, 0.15) is 5.56 Å². The van der Waals surface area contributed by atoms with Gasteiger partial charge in [-0.1, -0.05) is 30.3 Å². The summed E-state index contributed by atoms with van der Waals surface area (Å²) in [6, 6.07) is 8.42. The number of ether oxygens (including phenoxy) is 2. The van der Waals surface area contributed by atoms with Gasteiger partial charge in [0.25, 0.3) is 0 Å². The summed E-state index contributed by atoms with van der Waals surface area (Å²) in [5, 5.41) is 9.02. The van der Waals surface area contributed by atoms with Crippen molar-refractivity contribution in [3.63, 3.8) is 0 Å². The molecule has 1 aromatic rings. The van der Waals surface area contributed by atoms with Crippen LogP contribution in [0.2, 0.25) is 0 Å². The molecule has 2 fully saturated rings. The minimum Gasteiger partial charge on any atom is -0.465 e. The predicted molar refractivity (Wildman–Crippen MR) is 63.4 cm³/mol. The number of carbonyl (C=O) groups excluding carboxylic acids is 1. The largest absolute Gasteiger partial charge is 0.465 e. The van der Waals surface area contributed by atoms with E-state index in [4.69, 9.17) is 14.6 Å². The first-order valence-corrected chi connectivity index (χ1v) is 6.02. The van der Waals surface area contributed by atoms with Crippen LogP contribution in [-0.2, 0) is 20.9 Å². The van der Waals surface area contributed by atoms with Gasteiger partial charge >= 0.3 is 12.1 Å². The van der Waals surface area contributed by atoms with Gasteiger partial charge in [-0.25, -0.2) is 9.59 Å². The lowest BCUT2D eigenvalue weighted by Gasteiger charge is -2.22. The van der Waals surface area contributed by atoms with Gasteiger partial charge in [-0.2, -0.15) is 0 Å². The Morgan fingerprint density at radius 2 is 2.11 bits per heavy atom. The van der Waals surface area contributed by atoms with Gasteiger partial charge in [0, 0.05) is 0 Å². The van der Waals surface area contributed by atoms with Crippen LogP contribution in [0.5, 0.6) is 0 Å². The van der Waals surface area contributed by atoms with Crippen LogP contribution in [-0.4, -0.2) is 46.9 Å². The second-order valence-corrected chi connectivity index (χ2v) is 4.61. The number of benzene rings is 1. The smallest absolute Gasteiger partial charge is 0.408 e. The van der Waals surface area contributed by atoms with E-state index in [-0.39, 0.29) is 25.4 Å². The SMILES string of the molecule is O=C(OCc1ccccc1)[C@@H]1[C@H]2O[C@H]2CN1C(=O)O. The Morgan fingerprint density at radius 3 is 2.79 bits per heavy atom. The summed E-state index contributed by atoms with van der Waals surface area (Å²) in [6.45, 7) is 0.381. The summed E-state index contributed by atoms with van der Waals surface area (Å²) in [5.74, 6) is -0.545. The van der Waals surface area contributed by atoms with Crippen LogP contribution in [0.25, 0.3) is 0 Å². The monoisotopic (exact) mass is 263 g/mol. The number of carbonyl (C=O) groups is 2. The van der Waals surface area contributed by atoms with E-state index >= 15 is 0 Å². The van der Waals surface area contributed by atoms with Gasteiger partial charge in [0.1, 0.15) is 18.8 Å². The van der Waals surface area contributed by atoms with Gasteiger partial charge in [-0.15, -0.1) is 0 Å². The molecule has 2 heterocycles. The molecule has 1 amide bonds. The van der Waals surface area contributed by atoms with Gasteiger partial charge in [0.2, 0.25) is 0 Å². The fourth-order valence-corrected chi connectivity index (χ4v) is 2.34. The average Bonchev–Trinajstić information content (AvgIpc) is 3.07. The highest BCUT2D eigenvalue weighted by Gasteiger charge is 2.60. The zero-order valence-corrected chi connectivity index (χ0v) is 10.1. The second-order valence-electron chi connectivity index (χ2n) is 4.61. The molecule has 3 atom stereocenters. The van der Waals surface area contributed by atoms with Crippen molar-refractivity contribution in [1.29, 1.82) is 0 Å². The fourth-order valence-electron chi connectivity index (χ4n) is 2.34. The fraction of sp³-hybridized carbons (Fsp3) is 0.385. The van der Waals surface area contributed by atoms with E-state index in [0.29, 0.717) is 0 Å². The minimum atomic E-state index is -1.11. The Morgan fingerprint density at radius 1 is 1.37 bits per heavy atom. The number of rotatable bonds is 3. The van der Waals surface area contributed by atoms with Crippen molar-refractivity contribution in [3.05, 3.63) is 35.9 Å². The first kappa shape index (κ1) is 12.0. The topological polar surface area (TPSA) is 79.4 Å².